The number of anilines is 1. The molecule has 2 amide bonds. The van der Waals surface area contributed by atoms with E-state index in [1.807, 2.05) is 41.8 Å². The van der Waals surface area contributed by atoms with Crippen LogP contribution in [0, 0.1) is 5.92 Å². The first-order valence-electron chi connectivity index (χ1n) is 6.89. The molecule has 1 atom stereocenters. The molecule has 0 radical (unpaired) electrons. The number of imidazole rings is 1. The number of nitrogens with zero attached hydrogens (tertiary/aromatic N) is 2. The van der Waals surface area contributed by atoms with Gasteiger partial charge < -0.3 is 9.88 Å². The first-order chi connectivity index (χ1) is 9.72. The molecule has 0 bridgehead atoms. The molecule has 0 unspecified atom stereocenters. The van der Waals surface area contributed by atoms with Crippen LogP contribution in [0.15, 0.2) is 42.9 Å². The van der Waals surface area contributed by atoms with Crippen molar-refractivity contribution in [3.05, 3.63) is 42.9 Å². The van der Waals surface area contributed by atoms with Crippen LogP contribution in [-0.4, -0.2) is 21.6 Å². The van der Waals surface area contributed by atoms with E-state index in [-0.39, 0.29) is 12.1 Å². The molecule has 1 aliphatic rings. The smallest absolute Gasteiger partial charge is 0.320 e. The van der Waals surface area contributed by atoms with Crippen LogP contribution in [0.1, 0.15) is 19.8 Å². The highest BCUT2D eigenvalue weighted by atomic mass is 16.2. The Morgan fingerprint density at radius 1 is 1.35 bits per heavy atom. The minimum absolute atomic E-state index is 0.192. The Morgan fingerprint density at radius 3 is 2.80 bits per heavy atom. The van der Waals surface area contributed by atoms with Crippen molar-refractivity contribution < 1.29 is 4.79 Å². The fraction of sp³-hybridized carbons (Fsp3) is 0.333. The van der Waals surface area contributed by atoms with Gasteiger partial charge in [-0.05, 0) is 37.8 Å². The zero-order chi connectivity index (χ0) is 13.9. The molecule has 1 saturated carbocycles. The fourth-order valence-corrected chi connectivity index (χ4v) is 2.20. The topological polar surface area (TPSA) is 59.0 Å². The van der Waals surface area contributed by atoms with E-state index in [0.29, 0.717) is 11.7 Å². The predicted molar refractivity (Wildman–Crippen MR) is 77.9 cm³/mol. The highest BCUT2D eigenvalue weighted by Crippen LogP contribution is 2.32. The molecule has 5 nitrogen and oxygen atoms in total. The number of benzene rings is 1. The molecule has 2 N–H and O–H groups in total. The van der Waals surface area contributed by atoms with Crippen molar-refractivity contribution in [2.24, 2.45) is 5.92 Å². The molecule has 0 saturated heterocycles. The maximum atomic E-state index is 11.8. The molecule has 3 rings (SSSR count). The Bertz CT molecular complexity index is 589. The van der Waals surface area contributed by atoms with E-state index in [0.717, 1.165) is 5.69 Å². The van der Waals surface area contributed by atoms with Gasteiger partial charge in [0.25, 0.3) is 0 Å². The SMILES string of the molecule is C[C@@H](NC(=O)Nc1cn(-c2ccccc2)cn1)C1CC1. The lowest BCUT2D eigenvalue weighted by molar-refractivity contribution is 0.248. The quantitative estimate of drug-likeness (QED) is 0.897. The summed E-state index contributed by atoms with van der Waals surface area (Å²) in [7, 11) is 0. The minimum atomic E-state index is -0.192. The summed E-state index contributed by atoms with van der Waals surface area (Å²) >= 11 is 0. The van der Waals surface area contributed by atoms with Gasteiger partial charge in [-0.1, -0.05) is 18.2 Å². The molecule has 1 aromatic carbocycles. The van der Waals surface area contributed by atoms with Gasteiger partial charge in [0.05, 0.1) is 6.20 Å². The van der Waals surface area contributed by atoms with Gasteiger partial charge >= 0.3 is 6.03 Å². The molecule has 2 aromatic rings. The number of rotatable bonds is 4. The number of urea groups is 1. The van der Waals surface area contributed by atoms with Crippen LogP contribution >= 0.6 is 0 Å². The lowest BCUT2D eigenvalue weighted by Crippen LogP contribution is -2.37. The molecule has 0 spiro atoms. The summed E-state index contributed by atoms with van der Waals surface area (Å²) in [6.45, 7) is 2.04. The highest BCUT2D eigenvalue weighted by molar-refractivity contribution is 5.88. The number of hydrogen-bond acceptors (Lipinski definition) is 2. The molecular weight excluding hydrogens is 252 g/mol. The third-order valence-electron chi connectivity index (χ3n) is 3.57. The van der Waals surface area contributed by atoms with E-state index in [1.54, 1.807) is 12.5 Å². The third kappa shape index (κ3) is 2.99. The predicted octanol–water partition coefficient (Wildman–Crippen LogP) is 2.79. The average Bonchev–Trinajstić information content (AvgIpc) is 3.21. The Labute approximate surface area is 118 Å². The van der Waals surface area contributed by atoms with Gasteiger partial charge in [0.2, 0.25) is 0 Å². The number of carbonyl (C=O) groups excluding carboxylic acids is 1. The monoisotopic (exact) mass is 270 g/mol. The summed E-state index contributed by atoms with van der Waals surface area (Å²) in [6, 6.07) is 9.90. The van der Waals surface area contributed by atoms with E-state index in [4.69, 9.17) is 0 Å². The normalized spacial score (nSPS) is 15.7. The zero-order valence-electron chi connectivity index (χ0n) is 11.4. The van der Waals surface area contributed by atoms with Crippen LogP contribution in [0.2, 0.25) is 0 Å². The summed E-state index contributed by atoms with van der Waals surface area (Å²) < 4.78 is 1.87. The molecule has 1 fully saturated rings. The summed E-state index contributed by atoms with van der Waals surface area (Å²) in [5.41, 5.74) is 1.01. The lowest BCUT2D eigenvalue weighted by Gasteiger charge is -2.12. The van der Waals surface area contributed by atoms with Crippen LogP contribution in [-0.2, 0) is 0 Å². The number of para-hydroxylation sites is 1. The zero-order valence-corrected chi connectivity index (χ0v) is 11.4. The third-order valence-corrected chi connectivity index (χ3v) is 3.57. The molecule has 1 heterocycles. The highest BCUT2D eigenvalue weighted by Gasteiger charge is 2.28. The van der Waals surface area contributed by atoms with Gasteiger partial charge in [0.1, 0.15) is 6.33 Å². The molecule has 5 heteroatoms. The van der Waals surface area contributed by atoms with Crippen LogP contribution in [0.25, 0.3) is 5.69 Å². The summed E-state index contributed by atoms with van der Waals surface area (Å²) in [5.74, 6) is 1.19. The number of nitrogens with one attached hydrogen (secondary N) is 2. The van der Waals surface area contributed by atoms with Gasteiger partial charge in [-0.25, -0.2) is 9.78 Å². The summed E-state index contributed by atoms with van der Waals surface area (Å²) in [4.78, 5) is 16.0. The molecule has 1 aliphatic carbocycles. The first-order valence-corrected chi connectivity index (χ1v) is 6.89. The second-order valence-corrected chi connectivity index (χ2v) is 5.23. The van der Waals surface area contributed by atoms with Crippen molar-refractivity contribution >= 4 is 11.8 Å². The number of carbonyl (C=O) groups is 1. The summed E-state index contributed by atoms with van der Waals surface area (Å²) in [5, 5.41) is 5.70. The van der Waals surface area contributed by atoms with E-state index in [2.05, 4.69) is 15.6 Å². The van der Waals surface area contributed by atoms with Gasteiger partial charge in [-0.3, -0.25) is 5.32 Å². The van der Waals surface area contributed by atoms with Crippen molar-refractivity contribution in [1.29, 1.82) is 0 Å². The molecule has 20 heavy (non-hydrogen) atoms. The average molecular weight is 270 g/mol. The van der Waals surface area contributed by atoms with Gasteiger partial charge in [-0.15, -0.1) is 0 Å². The van der Waals surface area contributed by atoms with E-state index in [9.17, 15) is 4.79 Å². The van der Waals surface area contributed by atoms with Gasteiger partial charge in [0, 0.05) is 11.7 Å². The van der Waals surface area contributed by atoms with Crippen LogP contribution < -0.4 is 10.6 Å². The van der Waals surface area contributed by atoms with E-state index >= 15 is 0 Å². The van der Waals surface area contributed by atoms with Crippen LogP contribution in [0.3, 0.4) is 0 Å². The largest absolute Gasteiger partial charge is 0.335 e. The van der Waals surface area contributed by atoms with Crippen molar-refractivity contribution in [1.82, 2.24) is 14.9 Å². The fourth-order valence-electron chi connectivity index (χ4n) is 2.20. The second kappa shape index (κ2) is 5.36. The van der Waals surface area contributed by atoms with Gasteiger partial charge in [-0.2, -0.15) is 0 Å². The van der Waals surface area contributed by atoms with Crippen molar-refractivity contribution in [2.75, 3.05) is 5.32 Å². The molecule has 0 aliphatic heterocycles. The van der Waals surface area contributed by atoms with E-state index in [1.165, 1.54) is 12.8 Å². The first kappa shape index (κ1) is 12.7. The van der Waals surface area contributed by atoms with Crippen LogP contribution in [0.5, 0.6) is 0 Å². The summed E-state index contributed by atoms with van der Waals surface area (Å²) in [6.07, 6.45) is 5.92. The van der Waals surface area contributed by atoms with Crippen LogP contribution in [0.4, 0.5) is 10.6 Å². The Hall–Kier alpha value is -2.30. The second-order valence-electron chi connectivity index (χ2n) is 5.23. The maximum Gasteiger partial charge on any atom is 0.320 e. The number of amides is 2. The Balaban J connectivity index is 1.61. The van der Waals surface area contributed by atoms with Gasteiger partial charge in [0.15, 0.2) is 5.82 Å². The standard InChI is InChI=1S/C15H18N4O/c1-11(12-7-8-12)17-15(20)18-14-9-19(10-16-14)13-5-3-2-4-6-13/h2-6,9-12H,7-8H2,1H3,(H2,17,18,20)/t11-/m1/s1. The number of hydrogen-bond donors (Lipinski definition) is 2. The Morgan fingerprint density at radius 2 is 2.10 bits per heavy atom. The lowest BCUT2D eigenvalue weighted by atomic mass is 10.2. The number of aromatic nitrogens is 2. The van der Waals surface area contributed by atoms with Crippen molar-refractivity contribution in [3.63, 3.8) is 0 Å². The molecule has 104 valence electrons. The Kier molecular flexibility index (Phi) is 3.41. The molecular formula is C15H18N4O. The maximum absolute atomic E-state index is 11.8. The van der Waals surface area contributed by atoms with Crippen molar-refractivity contribution in [2.45, 2.75) is 25.8 Å². The van der Waals surface area contributed by atoms with E-state index < -0.39 is 0 Å². The molecule has 1 aromatic heterocycles. The van der Waals surface area contributed by atoms with Crippen molar-refractivity contribution in [3.8, 4) is 5.69 Å². The minimum Gasteiger partial charge on any atom is -0.335 e.